The minimum absolute atomic E-state index is 0.0107. The first-order valence-corrected chi connectivity index (χ1v) is 14.0. The van der Waals surface area contributed by atoms with Crippen molar-refractivity contribution in [3.8, 4) is 0 Å². The number of nitrogens with one attached hydrogen (secondary N) is 1. The van der Waals surface area contributed by atoms with Gasteiger partial charge in [-0.3, -0.25) is 13.9 Å². The van der Waals surface area contributed by atoms with Gasteiger partial charge in [-0.1, -0.05) is 52.1 Å². The lowest BCUT2D eigenvalue weighted by Gasteiger charge is -2.33. The topological polar surface area (TPSA) is 86.8 Å². The molecule has 11 heteroatoms. The van der Waals surface area contributed by atoms with E-state index >= 15 is 0 Å². The van der Waals surface area contributed by atoms with Crippen LogP contribution < -0.4 is 9.62 Å². The van der Waals surface area contributed by atoms with E-state index in [1.165, 1.54) is 4.90 Å². The maximum Gasteiger partial charge on any atom is 0.244 e. The fourth-order valence-electron chi connectivity index (χ4n) is 3.35. The molecule has 34 heavy (non-hydrogen) atoms. The van der Waals surface area contributed by atoms with Crippen molar-refractivity contribution in [3.05, 3.63) is 62.5 Å². The molecule has 7 nitrogen and oxygen atoms in total. The molecule has 0 unspecified atom stereocenters. The smallest absolute Gasteiger partial charge is 0.244 e. The SMILES string of the molecule is CC[C@@H](C(=O)NC(C)C)N(Cc1ccc(Cl)cc1Cl)C(=O)CN(c1ccc(Br)cc1)S(C)(=O)=O. The number of nitrogens with zero attached hydrogens (tertiary/aromatic N) is 2. The highest BCUT2D eigenvalue weighted by Crippen LogP contribution is 2.25. The van der Waals surface area contributed by atoms with Crippen molar-refractivity contribution in [2.75, 3.05) is 17.1 Å². The maximum absolute atomic E-state index is 13.6. The zero-order valence-electron chi connectivity index (χ0n) is 19.4. The summed E-state index contributed by atoms with van der Waals surface area (Å²) in [6.45, 7) is 4.98. The van der Waals surface area contributed by atoms with Crippen molar-refractivity contribution < 1.29 is 18.0 Å². The Morgan fingerprint density at radius 2 is 1.71 bits per heavy atom. The van der Waals surface area contributed by atoms with Crippen LogP contribution in [-0.4, -0.2) is 50.0 Å². The van der Waals surface area contributed by atoms with E-state index in [4.69, 9.17) is 23.2 Å². The van der Waals surface area contributed by atoms with E-state index in [1.807, 2.05) is 13.8 Å². The van der Waals surface area contributed by atoms with Gasteiger partial charge in [-0.15, -0.1) is 0 Å². The van der Waals surface area contributed by atoms with Gasteiger partial charge in [0.05, 0.1) is 11.9 Å². The third-order valence-electron chi connectivity index (χ3n) is 4.97. The van der Waals surface area contributed by atoms with Crippen LogP contribution in [0.3, 0.4) is 0 Å². The Kier molecular flexibility index (Phi) is 10.2. The highest BCUT2D eigenvalue weighted by Gasteiger charge is 2.32. The number of benzene rings is 2. The number of sulfonamides is 1. The second-order valence-corrected chi connectivity index (χ2v) is 11.8. The van der Waals surface area contributed by atoms with Crippen molar-refractivity contribution in [1.82, 2.24) is 10.2 Å². The lowest BCUT2D eigenvalue weighted by atomic mass is 10.1. The highest BCUT2D eigenvalue weighted by molar-refractivity contribution is 9.10. The number of hydrogen-bond acceptors (Lipinski definition) is 4. The van der Waals surface area contributed by atoms with Gasteiger partial charge in [-0.05, 0) is 62.2 Å². The van der Waals surface area contributed by atoms with Gasteiger partial charge in [0.15, 0.2) is 0 Å². The largest absolute Gasteiger partial charge is 0.352 e. The summed E-state index contributed by atoms with van der Waals surface area (Å²) in [7, 11) is -3.79. The van der Waals surface area contributed by atoms with Crippen LogP contribution in [0, 0.1) is 0 Å². The molecule has 2 rings (SSSR count). The molecule has 0 saturated heterocycles. The summed E-state index contributed by atoms with van der Waals surface area (Å²) in [5.41, 5.74) is 0.924. The molecule has 1 N–H and O–H groups in total. The summed E-state index contributed by atoms with van der Waals surface area (Å²) in [5, 5.41) is 3.62. The summed E-state index contributed by atoms with van der Waals surface area (Å²) in [4.78, 5) is 27.9. The van der Waals surface area contributed by atoms with Crippen LogP contribution in [-0.2, 0) is 26.2 Å². The van der Waals surface area contributed by atoms with E-state index in [0.717, 1.165) is 15.0 Å². The van der Waals surface area contributed by atoms with E-state index < -0.39 is 28.5 Å². The van der Waals surface area contributed by atoms with Gasteiger partial charge in [0.1, 0.15) is 12.6 Å². The Bertz CT molecular complexity index is 1130. The number of halogens is 3. The third kappa shape index (κ3) is 7.86. The van der Waals surface area contributed by atoms with E-state index in [1.54, 1.807) is 49.4 Å². The quantitative estimate of drug-likeness (QED) is 0.427. The lowest BCUT2D eigenvalue weighted by molar-refractivity contribution is -0.140. The molecule has 0 radical (unpaired) electrons. The molecule has 0 saturated carbocycles. The predicted octanol–water partition coefficient (Wildman–Crippen LogP) is 4.85. The molecule has 186 valence electrons. The van der Waals surface area contributed by atoms with Crippen molar-refractivity contribution in [3.63, 3.8) is 0 Å². The fourth-order valence-corrected chi connectivity index (χ4v) is 4.94. The van der Waals surface area contributed by atoms with Gasteiger partial charge >= 0.3 is 0 Å². The van der Waals surface area contributed by atoms with Gasteiger partial charge < -0.3 is 10.2 Å². The van der Waals surface area contributed by atoms with Crippen LogP contribution in [0.1, 0.15) is 32.8 Å². The average Bonchev–Trinajstić information content (AvgIpc) is 2.72. The molecule has 0 aliphatic rings. The highest BCUT2D eigenvalue weighted by atomic mass is 79.9. The second-order valence-electron chi connectivity index (χ2n) is 8.09. The maximum atomic E-state index is 13.6. The molecule has 2 amide bonds. The van der Waals surface area contributed by atoms with Crippen LogP contribution >= 0.6 is 39.1 Å². The number of hydrogen-bond donors (Lipinski definition) is 1. The van der Waals surface area contributed by atoms with E-state index in [9.17, 15) is 18.0 Å². The Morgan fingerprint density at radius 1 is 1.09 bits per heavy atom. The van der Waals surface area contributed by atoms with Crippen LogP contribution in [0.4, 0.5) is 5.69 Å². The number of carbonyl (C=O) groups is 2. The third-order valence-corrected chi connectivity index (χ3v) is 7.22. The van der Waals surface area contributed by atoms with Crippen LogP contribution in [0.5, 0.6) is 0 Å². The minimum Gasteiger partial charge on any atom is -0.352 e. The number of anilines is 1. The Morgan fingerprint density at radius 3 is 2.21 bits per heavy atom. The Labute approximate surface area is 219 Å². The summed E-state index contributed by atoms with van der Waals surface area (Å²) in [6.07, 6.45) is 1.36. The molecule has 1 atom stereocenters. The lowest BCUT2D eigenvalue weighted by Crippen LogP contribution is -2.53. The van der Waals surface area contributed by atoms with Gasteiger partial charge in [0, 0.05) is 27.1 Å². The molecule has 0 aliphatic heterocycles. The summed E-state index contributed by atoms with van der Waals surface area (Å²) in [6, 6.07) is 10.5. The molecule has 0 heterocycles. The van der Waals surface area contributed by atoms with Crippen LogP contribution in [0.25, 0.3) is 0 Å². The first-order valence-electron chi connectivity index (χ1n) is 10.6. The van der Waals surface area contributed by atoms with Crippen molar-refractivity contribution in [2.45, 2.75) is 45.8 Å². The molecule has 0 aromatic heterocycles. The zero-order valence-corrected chi connectivity index (χ0v) is 23.3. The number of rotatable bonds is 10. The summed E-state index contributed by atoms with van der Waals surface area (Å²) >= 11 is 15.7. The van der Waals surface area contributed by atoms with Crippen LogP contribution in [0.2, 0.25) is 10.0 Å². The van der Waals surface area contributed by atoms with Gasteiger partial charge in [0.25, 0.3) is 0 Å². The normalized spacial score (nSPS) is 12.4. The molecular weight excluding hydrogens is 565 g/mol. The zero-order chi connectivity index (χ0) is 25.6. The Balaban J connectivity index is 2.46. The molecule has 0 spiro atoms. The first-order chi connectivity index (χ1) is 15.8. The van der Waals surface area contributed by atoms with Crippen molar-refractivity contribution in [1.29, 1.82) is 0 Å². The molecule has 2 aromatic rings. The molecule has 2 aromatic carbocycles. The summed E-state index contributed by atoms with van der Waals surface area (Å²) in [5.74, 6) is -0.865. The number of amides is 2. The molecule has 0 bridgehead atoms. The van der Waals surface area contributed by atoms with Gasteiger partial charge in [-0.25, -0.2) is 8.42 Å². The van der Waals surface area contributed by atoms with E-state index in [0.29, 0.717) is 27.7 Å². The second kappa shape index (κ2) is 12.2. The molecule has 0 aliphatic carbocycles. The Hall–Kier alpha value is -1.81. The first kappa shape index (κ1) is 28.4. The number of carbonyl (C=O) groups excluding carboxylic acids is 2. The van der Waals surface area contributed by atoms with Crippen LogP contribution in [0.15, 0.2) is 46.9 Å². The van der Waals surface area contributed by atoms with Crippen molar-refractivity contribution in [2.24, 2.45) is 0 Å². The van der Waals surface area contributed by atoms with E-state index in [2.05, 4.69) is 21.2 Å². The van der Waals surface area contributed by atoms with Gasteiger partial charge in [0.2, 0.25) is 21.8 Å². The average molecular weight is 593 g/mol. The molecule has 0 fully saturated rings. The standard InChI is InChI=1S/C23H28BrCl2N3O4S/c1-5-21(23(31)27-15(2)3)28(13-16-6-9-18(25)12-20(16)26)22(30)14-29(34(4,32)33)19-10-7-17(24)8-11-19/h6-12,15,21H,5,13-14H2,1-4H3,(H,27,31)/t21-/m0/s1. The van der Waals surface area contributed by atoms with Crippen molar-refractivity contribution >= 4 is 66.7 Å². The monoisotopic (exact) mass is 591 g/mol. The fraction of sp³-hybridized carbons (Fsp3) is 0.391. The minimum atomic E-state index is -3.79. The summed E-state index contributed by atoms with van der Waals surface area (Å²) < 4.78 is 26.9. The predicted molar refractivity (Wildman–Crippen MR) is 141 cm³/mol. The molecular formula is C23H28BrCl2N3O4S. The van der Waals surface area contributed by atoms with Gasteiger partial charge in [-0.2, -0.15) is 0 Å². The van der Waals surface area contributed by atoms with E-state index in [-0.39, 0.29) is 18.5 Å².